The van der Waals surface area contributed by atoms with Gasteiger partial charge in [0.05, 0.1) is 6.04 Å². The molecule has 0 aromatic carbocycles. The van der Waals surface area contributed by atoms with Crippen LogP contribution >= 0.6 is 0 Å². The maximum absolute atomic E-state index is 12.3. The van der Waals surface area contributed by atoms with Crippen LogP contribution in [0, 0.1) is 5.41 Å². The van der Waals surface area contributed by atoms with Crippen molar-refractivity contribution in [3.63, 3.8) is 0 Å². The number of amides is 1. The number of carbonyl (C=O) groups is 2. The van der Waals surface area contributed by atoms with Crippen molar-refractivity contribution in [2.24, 2.45) is 11.1 Å². The van der Waals surface area contributed by atoms with Crippen LogP contribution in [0.15, 0.2) is 0 Å². The Kier molecular flexibility index (Phi) is 4.73. The first kappa shape index (κ1) is 15.0. The van der Waals surface area contributed by atoms with E-state index in [1.807, 2.05) is 20.8 Å². The smallest absolute Gasteiger partial charge is 0.326 e. The zero-order valence-electron chi connectivity index (χ0n) is 11.5. The normalized spacial score (nSPS) is 23.3. The second-order valence-electron chi connectivity index (χ2n) is 6.08. The average molecular weight is 256 g/mol. The first-order valence-corrected chi connectivity index (χ1v) is 6.54. The summed E-state index contributed by atoms with van der Waals surface area (Å²) in [5, 5.41) is 9.23. The van der Waals surface area contributed by atoms with Gasteiger partial charge in [0.1, 0.15) is 6.04 Å². The van der Waals surface area contributed by atoms with Crippen LogP contribution in [0.2, 0.25) is 0 Å². The summed E-state index contributed by atoms with van der Waals surface area (Å²) in [5.41, 5.74) is 5.60. The van der Waals surface area contributed by atoms with Gasteiger partial charge in [-0.2, -0.15) is 0 Å². The third-order valence-electron chi connectivity index (χ3n) is 3.52. The highest BCUT2D eigenvalue weighted by molar-refractivity contribution is 5.87. The van der Waals surface area contributed by atoms with E-state index in [1.54, 1.807) is 0 Å². The molecule has 2 atom stereocenters. The van der Waals surface area contributed by atoms with Gasteiger partial charge in [-0.15, -0.1) is 0 Å². The van der Waals surface area contributed by atoms with Crippen LogP contribution in [0.4, 0.5) is 0 Å². The molecule has 0 bridgehead atoms. The summed E-state index contributed by atoms with van der Waals surface area (Å²) in [6, 6.07) is -1.37. The van der Waals surface area contributed by atoms with Crippen molar-refractivity contribution in [2.75, 3.05) is 6.54 Å². The second kappa shape index (κ2) is 5.69. The molecule has 0 aromatic heterocycles. The van der Waals surface area contributed by atoms with Gasteiger partial charge in [0.15, 0.2) is 0 Å². The first-order chi connectivity index (χ1) is 8.25. The highest BCUT2D eigenvalue weighted by Crippen LogP contribution is 2.23. The number of nitrogens with two attached hydrogens (primary N) is 1. The Hall–Kier alpha value is -1.10. The lowest BCUT2D eigenvalue weighted by Gasteiger charge is -2.34. The summed E-state index contributed by atoms with van der Waals surface area (Å²) in [6.07, 6.45) is 3.20. The highest BCUT2D eigenvalue weighted by atomic mass is 16.4. The van der Waals surface area contributed by atoms with E-state index in [9.17, 15) is 14.7 Å². The van der Waals surface area contributed by atoms with Crippen molar-refractivity contribution in [2.45, 2.75) is 58.5 Å². The van der Waals surface area contributed by atoms with Crippen LogP contribution in [0.1, 0.15) is 46.5 Å². The molecule has 1 aliphatic rings. The van der Waals surface area contributed by atoms with Gasteiger partial charge >= 0.3 is 5.97 Å². The standard InChI is InChI=1S/C13H24N2O3/c1-13(2,3)10(14)11(16)15-8-6-4-5-7-9(15)12(17)18/h9-10H,4-8,14H2,1-3H3,(H,17,18). The predicted molar refractivity (Wildman–Crippen MR) is 69.0 cm³/mol. The quantitative estimate of drug-likeness (QED) is 0.778. The Bertz CT molecular complexity index is 323. The minimum absolute atomic E-state index is 0.239. The lowest BCUT2D eigenvalue weighted by Crippen LogP contribution is -2.55. The first-order valence-electron chi connectivity index (χ1n) is 6.54. The van der Waals surface area contributed by atoms with E-state index in [4.69, 9.17) is 5.73 Å². The van der Waals surface area contributed by atoms with Gasteiger partial charge in [0.25, 0.3) is 0 Å². The molecular weight excluding hydrogens is 232 g/mol. The van der Waals surface area contributed by atoms with Gasteiger partial charge in [0, 0.05) is 6.54 Å². The summed E-state index contributed by atoms with van der Waals surface area (Å²) in [7, 11) is 0. The number of hydrogen-bond donors (Lipinski definition) is 2. The van der Waals surface area contributed by atoms with Gasteiger partial charge in [-0.1, -0.05) is 33.6 Å². The molecule has 3 N–H and O–H groups in total. The molecule has 1 saturated heterocycles. The molecule has 104 valence electrons. The molecular formula is C13H24N2O3. The van der Waals surface area contributed by atoms with Crippen LogP contribution in [-0.2, 0) is 9.59 Å². The summed E-state index contributed by atoms with van der Waals surface area (Å²) in [5.74, 6) is -1.16. The van der Waals surface area contributed by atoms with Crippen molar-refractivity contribution in [1.29, 1.82) is 0 Å². The highest BCUT2D eigenvalue weighted by Gasteiger charge is 2.37. The molecule has 2 unspecified atom stereocenters. The minimum Gasteiger partial charge on any atom is -0.480 e. The van der Waals surface area contributed by atoms with Crippen molar-refractivity contribution in [3.8, 4) is 0 Å². The maximum Gasteiger partial charge on any atom is 0.326 e. The van der Waals surface area contributed by atoms with Crippen molar-refractivity contribution in [3.05, 3.63) is 0 Å². The molecule has 5 heteroatoms. The number of rotatable bonds is 2. The molecule has 0 aliphatic carbocycles. The van der Waals surface area contributed by atoms with Gasteiger partial charge in [-0.25, -0.2) is 4.79 Å². The molecule has 1 amide bonds. The molecule has 0 radical (unpaired) electrons. The Morgan fingerprint density at radius 1 is 1.28 bits per heavy atom. The lowest BCUT2D eigenvalue weighted by molar-refractivity contribution is -0.151. The van der Waals surface area contributed by atoms with Gasteiger partial charge in [0.2, 0.25) is 5.91 Å². The second-order valence-corrected chi connectivity index (χ2v) is 6.08. The Morgan fingerprint density at radius 3 is 2.39 bits per heavy atom. The van der Waals surface area contributed by atoms with E-state index in [-0.39, 0.29) is 11.3 Å². The zero-order chi connectivity index (χ0) is 13.9. The lowest BCUT2D eigenvalue weighted by atomic mass is 9.86. The van der Waals surface area contributed by atoms with Crippen LogP contribution < -0.4 is 5.73 Å². The third kappa shape index (κ3) is 3.45. The topological polar surface area (TPSA) is 83.6 Å². The third-order valence-corrected chi connectivity index (χ3v) is 3.52. The maximum atomic E-state index is 12.3. The number of carboxylic acid groups (broad SMARTS) is 1. The van der Waals surface area contributed by atoms with Crippen LogP contribution in [0.25, 0.3) is 0 Å². The van der Waals surface area contributed by atoms with Crippen molar-refractivity contribution in [1.82, 2.24) is 4.90 Å². The van der Waals surface area contributed by atoms with Gasteiger partial charge < -0.3 is 15.7 Å². The van der Waals surface area contributed by atoms with Gasteiger partial charge in [-0.05, 0) is 18.3 Å². The number of carbonyl (C=O) groups excluding carboxylic acids is 1. The molecule has 0 spiro atoms. The molecule has 0 aromatic rings. The minimum atomic E-state index is -0.925. The van der Waals surface area contributed by atoms with Crippen LogP contribution in [0.5, 0.6) is 0 Å². The monoisotopic (exact) mass is 256 g/mol. The van der Waals surface area contributed by atoms with Crippen LogP contribution in [-0.4, -0.2) is 40.5 Å². The molecule has 0 saturated carbocycles. The van der Waals surface area contributed by atoms with Crippen molar-refractivity contribution < 1.29 is 14.7 Å². The molecule has 5 nitrogen and oxygen atoms in total. The van der Waals surface area contributed by atoms with E-state index >= 15 is 0 Å². The van der Waals surface area contributed by atoms with Crippen molar-refractivity contribution >= 4 is 11.9 Å². The molecule has 18 heavy (non-hydrogen) atoms. The fourth-order valence-electron chi connectivity index (χ4n) is 2.18. The summed E-state index contributed by atoms with van der Waals surface area (Å²) < 4.78 is 0. The summed E-state index contributed by atoms with van der Waals surface area (Å²) in [4.78, 5) is 25.1. The number of aliphatic carboxylic acids is 1. The Morgan fingerprint density at radius 2 is 1.89 bits per heavy atom. The largest absolute Gasteiger partial charge is 0.480 e. The zero-order valence-corrected chi connectivity index (χ0v) is 11.5. The van der Waals surface area contributed by atoms with E-state index in [0.717, 1.165) is 19.3 Å². The van der Waals surface area contributed by atoms with E-state index < -0.39 is 18.1 Å². The van der Waals surface area contributed by atoms with E-state index in [0.29, 0.717) is 13.0 Å². The fourth-order valence-corrected chi connectivity index (χ4v) is 2.18. The number of nitrogens with zero attached hydrogens (tertiary/aromatic N) is 1. The van der Waals surface area contributed by atoms with Gasteiger partial charge in [-0.3, -0.25) is 4.79 Å². The number of hydrogen-bond acceptors (Lipinski definition) is 3. The molecule has 1 aliphatic heterocycles. The van der Waals surface area contributed by atoms with E-state index in [2.05, 4.69) is 0 Å². The molecule has 1 fully saturated rings. The Balaban J connectivity index is 2.88. The molecule has 1 rings (SSSR count). The average Bonchev–Trinajstić information content (AvgIpc) is 2.50. The summed E-state index contributed by atoms with van der Waals surface area (Å²) >= 11 is 0. The van der Waals surface area contributed by atoms with E-state index in [1.165, 1.54) is 4.90 Å². The number of likely N-dealkylation sites (tertiary alicyclic amines) is 1. The SMILES string of the molecule is CC(C)(C)C(N)C(=O)N1CCCCCC1C(=O)O. The predicted octanol–water partition coefficient (Wildman–Crippen LogP) is 1.22. The number of carboxylic acids is 1. The van der Waals surface area contributed by atoms with Crippen LogP contribution in [0.3, 0.4) is 0 Å². The molecule has 1 heterocycles. The Labute approximate surface area is 108 Å². The fraction of sp³-hybridized carbons (Fsp3) is 0.846. The summed E-state index contributed by atoms with van der Waals surface area (Å²) in [6.45, 7) is 6.18.